The van der Waals surface area contributed by atoms with E-state index in [-0.39, 0.29) is 0 Å². The van der Waals surface area contributed by atoms with Gasteiger partial charge in [0.15, 0.2) is 0 Å². The van der Waals surface area contributed by atoms with Crippen LogP contribution in [0.25, 0.3) is 0 Å². The Hall–Kier alpha value is -1.55. The number of methoxy groups -OCH3 is 1. The quantitative estimate of drug-likeness (QED) is 0.857. The molecule has 0 amide bonds. The highest BCUT2D eigenvalue weighted by Gasteiger charge is 2.19. The molecule has 1 aliphatic carbocycles. The molecule has 19 heavy (non-hydrogen) atoms. The maximum atomic E-state index is 11.0. The molecule has 2 rings (SSSR count). The number of carboxylic acid groups (broad SMARTS) is 1. The van der Waals surface area contributed by atoms with Gasteiger partial charge in [-0.25, -0.2) is 4.79 Å². The highest BCUT2D eigenvalue weighted by atomic mass is 16.5. The van der Waals surface area contributed by atoms with Crippen LogP contribution in [0.2, 0.25) is 0 Å². The molecule has 0 spiro atoms. The number of ether oxygens (including phenoxy) is 1. The van der Waals surface area contributed by atoms with E-state index >= 15 is 0 Å². The second-order valence-electron chi connectivity index (χ2n) is 5.33. The third kappa shape index (κ3) is 3.47. The van der Waals surface area contributed by atoms with E-state index in [1.807, 2.05) is 0 Å². The molecule has 0 bridgehead atoms. The maximum Gasteiger partial charge on any atom is 0.335 e. The average molecular weight is 263 g/mol. The van der Waals surface area contributed by atoms with E-state index < -0.39 is 5.97 Å². The average Bonchev–Trinajstić information content (AvgIpc) is 2.33. The minimum Gasteiger partial charge on any atom is -0.496 e. The Morgan fingerprint density at radius 1 is 1.47 bits per heavy atom. The van der Waals surface area contributed by atoms with Crippen LogP contribution in [0.1, 0.15) is 35.2 Å². The van der Waals surface area contributed by atoms with E-state index in [1.165, 1.54) is 19.3 Å². The van der Waals surface area contributed by atoms with Crippen LogP contribution in [0.15, 0.2) is 18.2 Å². The molecular weight excluding hydrogens is 242 g/mol. The van der Waals surface area contributed by atoms with Crippen LogP contribution >= 0.6 is 0 Å². The predicted octanol–water partition coefficient (Wildman–Crippen LogP) is 2.63. The van der Waals surface area contributed by atoms with Gasteiger partial charge < -0.3 is 14.7 Å². The summed E-state index contributed by atoms with van der Waals surface area (Å²) in [7, 11) is 3.69. The molecule has 0 atom stereocenters. The van der Waals surface area contributed by atoms with Crippen LogP contribution in [0.5, 0.6) is 5.75 Å². The maximum absolute atomic E-state index is 11.0. The molecular formula is C15H21NO3. The van der Waals surface area contributed by atoms with Crippen molar-refractivity contribution in [3.8, 4) is 5.75 Å². The van der Waals surface area contributed by atoms with E-state index in [0.717, 1.165) is 30.3 Å². The summed E-state index contributed by atoms with van der Waals surface area (Å²) in [5.41, 5.74) is 1.25. The zero-order chi connectivity index (χ0) is 13.8. The lowest BCUT2D eigenvalue weighted by molar-refractivity contribution is 0.0696. The highest BCUT2D eigenvalue weighted by molar-refractivity contribution is 5.88. The molecule has 0 unspecified atom stereocenters. The van der Waals surface area contributed by atoms with Crippen LogP contribution < -0.4 is 4.74 Å². The molecule has 104 valence electrons. The van der Waals surface area contributed by atoms with E-state index in [0.29, 0.717) is 5.56 Å². The Balaban J connectivity index is 2.07. The van der Waals surface area contributed by atoms with Gasteiger partial charge in [0.2, 0.25) is 0 Å². The smallest absolute Gasteiger partial charge is 0.335 e. The second kappa shape index (κ2) is 6.06. The van der Waals surface area contributed by atoms with E-state index in [1.54, 1.807) is 25.3 Å². The van der Waals surface area contributed by atoms with Crippen LogP contribution in [-0.4, -0.2) is 36.7 Å². The van der Waals surface area contributed by atoms with Gasteiger partial charge in [0.25, 0.3) is 0 Å². The van der Waals surface area contributed by atoms with Crippen molar-refractivity contribution in [1.82, 2.24) is 4.90 Å². The molecule has 1 N–H and O–H groups in total. The molecule has 0 saturated heterocycles. The van der Waals surface area contributed by atoms with Crippen LogP contribution in [0, 0.1) is 5.92 Å². The largest absolute Gasteiger partial charge is 0.496 e. The first-order chi connectivity index (χ1) is 9.10. The number of rotatable bonds is 6. The van der Waals surface area contributed by atoms with Crippen LogP contribution in [0.4, 0.5) is 0 Å². The molecule has 0 heterocycles. The third-order valence-electron chi connectivity index (χ3n) is 3.76. The highest BCUT2D eigenvalue weighted by Crippen LogP contribution is 2.28. The number of nitrogens with zero attached hydrogens (tertiary/aromatic N) is 1. The summed E-state index contributed by atoms with van der Waals surface area (Å²) in [6.07, 6.45) is 3.98. The third-order valence-corrected chi connectivity index (χ3v) is 3.76. The topological polar surface area (TPSA) is 49.8 Å². The molecule has 1 aromatic rings. The number of carbonyl (C=O) groups is 1. The fourth-order valence-corrected chi connectivity index (χ4v) is 2.51. The number of benzene rings is 1. The normalized spacial score (nSPS) is 15.3. The lowest BCUT2D eigenvalue weighted by atomic mass is 9.85. The van der Waals surface area contributed by atoms with Gasteiger partial charge in [0.05, 0.1) is 12.7 Å². The summed E-state index contributed by atoms with van der Waals surface area (Å²) in [6, 6.07) is 5.02. The van der Waals surface area contributed by atoms with E-state index in [9.17, 15) is 4.79 Å². The summed E-state index contributed by atoms with van der Waals surface area (Å²) in [5.74, 6) is 0.662. The van der Waals surface area contributed by atoms with Crippen molar-refractivity contribution in [3.63, 3.8) is 0 Å². The van der Waals surface area contributed by atoms with Gasteiger partial charge in [0.1, 0.15) is 5.75 Å². The van der Waals surface area contributed by atoms with Crippen LogP contribution in [-0.2, 0) is 6.54 Å². The summed E-state index contributed by atoms with van der Waals surface area (Å²) >= 11 is 0. The predicted molar refractivity (Wildman–Crippen MR) is 73.6 cm³/mol. The van der Waals surface area contributed by atoms with Crippen LogP contribution in [0.3, 0.4) is 0 Å². The molecule has 4 nitrogen and oxygen atoms in total. The van der Waals surface area contributed by atoms with Gasteiger partial charge in [-0.2, -0.15) is 0 Å². The molecule has 4 heteroatoms. The second-order valence-corrected chi connectivity index (χ2v) is 5.33. The van der Waals surface area contributed by atoms with Crippen molar-refractivity contribution < 1.29 is 14.6 Å². The summed E-state index contributed by atoms with van der Waals surface area (Å²) in [5, 5.41) is 9.05. The first kappa shape index (κ1) is 13.9. The fourth-order valence-electron chi connectivity index (χ4n) is 2.51. The van der Waals surface area contributed by atoms with Crippen molar-refractivity contribution in [2.45, 2.75) is 25.8 Å². The van der Waals surface area contributed by atoms with E-state index in [4.69, 9.17) is 9.84 Å². The minimum absolute atomic E-state index is 0.313. The Kier molecular flexibility index (Phi) is 4.43. The van der Waals surface area contributed by atoms with Gasteiger partial charge >= 0.3 is 5.97 Å². The summed E-state index contributed by atoms with van der Waals surface area (Å²) in [6.45, 7) is 1.79. The number of carboxylic acids is 1. The standard InChI is InChI=1S/C15H21NO3/c1-16(9-11-4-3-5-11)10-13-8-12(15(17)18)6-7-14(13)19-2/h6-8,11H,3-5,9-10H2,1-2H3,(H,17,18). The van der Waals surface area contributed by atoms with E-state index in [2.05, 4.69) is 11.9 Å². The van der Waals surface area contributed by atoms with Crippen molar-refractivity contribution >= 4 is 5.97 Å². The fraction of sp³-hybridized carbons (Fsp3) is 0.533. The Morgan fingerprint density at radius 2 is 2.21 bits per heavy atom. The molecule has 0 aliphatic heterocycles. The molecule has 1 fully saturated rings. The number of hydrogen-bond acceptors (Lipinski definition) is 3. The molecule has 0 radical (unpaired) electrons. The first-order valence-electron chi connectivity index (χ1n) is 6.69. The van der Waals surface area contributed by atoms with Crippen molar-refractivity contribution in [2.75, 3.05) is 20.7 Å². The monoisotopic (exact) mass is 263 g/mol. The number of aromatic carboxylic acids is 1. The van der Waals surface area contributed by atoms with Gasteiger partial charge in [-0.3, -0.25) is 0 Å². The Labute approximate surface area is 114 Å². The lowest BCUT2D eigenvalue weighted by Crippen LogP contribution is -2.29. The van der Waals surface area contributed by atoms with Crippen molar-refractivity contribution in [1.29, 1.82) is 0 Å². The summed E-state index contributed by atoms with van der Waals surface area (Å²) < 4.78 is 5.31. The summed E-state index contributed by atoms with van der Waals surface area (Å²) in [4.78, 5) is 13.3. The zero-order valence-electron chi connectivity index (χ0n) is 11.6. The molecule has 1 saturated carbocycles. The molecule has 1 aromatic carbocycles. The molecule has 0 aromatic heterocycles. The number of hydrogen-bond donors (Lipinski definition) is 1. The SMILES string of the molecule is COc1ccc(C(=O)O)cc1CN(C)CC1CCC1. The van der Waals surface area contributed by atoms with Crippen molar-refractivity contribution in [2.24, 2.45) is 5.92 Å². The zero-order valence-corrected chi connectivity index (χ0v) is 11.6. The minimum atomic E-state index is -0.898. The molecule has 1 aliphatic rings. The van der Waals surface area contributed by atoms with Gasteiger partial charge in [-0.05, 0) is 44.0 Å². The Morgan fingerprint density at radius 3 is 2.74 bits per heavy atom. The Bertz CT molecular complexity index is 455. The lowest BCUT2D eigenvalue weighted by Gasteiger charge is -2.30. The van der Waals surface area contributed by atoms with Crippen molar-refractivity contribution in [3.05, 3.63) is 29.3 Å². The van der Waals surface area contributed by atoms with Gasteiger partial charge in [0, 0.05) is 18.7 Å². The van der Waals surface area contributed by atoms with Gasteiger partial charge in [-0.15, -0.1) is 0 Å². The first-order valence-corrected chi connectivity index (χ1v) is 6.69. The van der Waals surface area contributed by atoms with Gasteiger partial charge in [-0.1, -0.05) is 6.42 Å².